The van der Waals surface area contributed by atoms with Crippen molar-refractivity contribution in [2.75, 3.05) is 20.8 Å². The van der Waals surface area contributed by atoms with E-state index in [-0.39, 0.29) is 0 Å². The Hall–Kier alpha value is -2.12. The molecule has 0 amide bonds. The van der Waals surface area contributed by atoms with Gasteiger partial charge in [-0.3, -0.25) is 4.90 Å². The molecule has 2 aromatic heterocycles. The Bertz CT molecular complexity index is 729. The maximum Gasteiger partial charge on any atom is 0.345 e. The Balaban J connectivity index is 1.73. The number of ether oxygens (including phenoxy) is 2. The third-order valence-electron chi connectivity index (χ3n) is 3.85. The number of carboxylic acid groups (broad SMARTS) is 1. The van der Waals surface area contributed by atoms with Crippen molar-refractivity contribution in [2.24, 2.45) is 0 Å². The van der Waals surface area contributed by atoms with E-state index in [1.165, 1.54) is 11.3 Å². The van der Waals surface area contributed by atoms with Crippen LogP contribution in [-0.4, -0.2) is 41.7 Å². The molecule has 0 saturated heterocycles. The van der Waals surface area contributed by atoms with Crippen LogP contribution in [0.4, 0.5) is 0 Å². The number of carboxylic acids is 1. The van der Waals surface area contributed by atoms with Gasteiger partial charge in [0.1, 0.15) is 4.88 Å². The molecule has 23 heavy (non-hydrogen) atoms. The first-order chi connectivity index (χ1) is 11.1. The Morgan fingerprint density at radius 1 is 1.39 bits per heavy atom. The van der Waals surface area contributed by atoms with Crippen LogP contribution in [0.2, 0.25) is 0 Å². The van der Waals surface area contributed by atoms with Crippen molar-refractivity contribution in [3.05, 3.63) is 39.2 Å². The fraction of sp³-hybridized carbons (Fsp3) is 0.375. The van der Waals surface area contributed by atoms with Crippen LogP contribution in [0.3, 0.4) is 0 Å². The maximum atomic E-state index is 11.1. The van der Waals surface area contributed by atoms with Crippen LogP contribution >= 0.6 is 11.3 Å². The number of hydrogen-bond acceptors (Lipinski definition) is 6. The Morgan fingerprint density at radius 2 is 2.22 bits per heavy atom. The summed E-state index contributed by atoms with van der Waals surface area (Å²) in [5.41, 5.74) is 2.06. The largest absolute Gasteiger partial charge is 0.491 e. The van der Waals surface area contributed by atoms with Crippen LogP contribution in [0, 0.1) is 0 Å². The highest BCUT2D eigenvalue weighted by atomic mass is 32.1. The molecule has 1 aliphatic heterocycles. The lowest BCUT2D eigenvalue weighted by atomic mass is 10.1. The van der Waals surface area contributed by atoms with Gasteiger partial charge in [0, 0.05) is 24.5 Å². The van der Waals surface area contributed by atoms with Crippen molar-refractivity contribution in [3.8, 4) is 11.6 Å². The molecule has 0 aliphatic carbocycles. The predicted octanol–water partition coefficient (Wildman–Crippen LogP) is 2.42. The number of hydrogen-bond donors (Lipinski definition) is 1. The molecule has 0 bridgehead atoms. The summed E-state index contributed by atoms with van der Waals surface area (Å²) in [6, 6.07) is 5.58. The van der Waals surface area contributed by atoms with Crippen molar-refractivity contribution in [3.63, 3.8) is 0 Å². The fourth-order valence-corrected chi connectivity index (χ4v) is 3.79. The van der Waals surface area contributed by atoms with E-state index < -0.39 is 5.97 Å². The number of aromatic carboxylic acids is 1. The number of methoxy groups -OCH3 is 2. The van der Waals surface area contributed by atoms with Crippen LogP contribution in [-0.2, 0) is 19.5 Å². The van der Waals surface area contributed by atoms with Crippen molar-refractivity contribution < 1.29 is 19.4 Å². The lowest BCUT2D eigenvalue weighted by Crippen LogP contribution is -2.29. The molecule has 0 saturated carbocycles. The third kappa shape index (κ3) is 3.30. The summed E-state index contributed by atoms with van der Waals surface area (Å²) in [6.07, 6.45) is 0.867. The maximum absolute atomic E-state index is 11.1. The second-order valence-electron chi connectivity index (χ2n) is 5.34. The Kier molecular flexibility index (Phi) is 4.49. The summed E-state index contributed by atoms with van der Waals surface area (Å²) in [6.45, 7) is 2.34. The lowest BCUT2D eigenvalue weighted by Gasteiger charge is -2.26. The number of nitrogens with zero attached hydrogens (tertiary/aromatic N) is 2. The lowest BCUT2D eigenvalue weighted by molar-refractivity contribution is 0.0702. The molecule has 2 aromatic rings. The summed E-state index contributed by atoms with van der Waals surface area (Å²) in [5.74, 6) is 0.242. The van der Waals surface area contributed by atoms with E-state index >= 15 is 0 Å². The van der Waals surface area contributed by atoms with Crippen LogP contribution < -0.4 is 9.47 Å². The van der Waals surface area contributed by atoms with E-state index in [0.29, 0.717) is 23.1 Å². The van der Waals surface area contributed by atoms with Gasteiger partial charge < -0.3 is 14.6 Å². The average Bonchev–Trinajstić information content (AvgIpc) is 2.98. The zero-order valence-corrected chi connectivity index (χ0v) is 13.9. The molecule has 0 aromatic carbocycles. The van der Waals surface area contributed by atoms with Crippen LogP contribution in [0.5, 0.6) is 11.6 Å². The highest BCUT2D eigenvalue weighted by Crippen LogP contribution is 2.30. The molecule has 122 valence electrons. The minimum atomic E-state index is -0.850. The van der Waals surface area contributed by atoms with Gasteiger partial charge in [-0.25, -0.2) is 9.78 Å². The van der Waals surface area contributed by atoms with Gasteiger partial charge in [0.2, 0.25) is 0 Å². The van der Waals surface area contributed by atoms with E-state index in [2.05, 4.69) is 9.88 Å². The quantitative estimate of drug-likeness (QED) is 0.905. The van der Waals surface area contributed by atoms with Crippen LogP contribution in [0.1, 0.15) is 25.8 Å². The first-order valence-electron chi connectivity index (χ1n) is 7.26. The number of aromatic nitrogens is 1. The minimum absolute atomic E-state index is 0.418. The van der Waals surface area contributed by atoms with E-state index in [9.17, 15) is 4.79 Å². The average molecular weight is 334 g/mol. The van der Waals surface area contributed by atoms with Crippen molar-refractivity contribution >= 4 is 17.3 Å². The highest BCUT2D eigenvalue weighted by Gasteiger charge is 2.22. The van der Waals surface area contributed by atoms with Gasteiger partial charge >= 0.3 is 5.97 Å². The molecule has 1 N–H and O–H groups in total. The SMILES string of the molecule is COc1ccc(CN2CCc3cc(C(=O)O)sc3C2)nc1OC. The molecule has 0 fully saturated rings. The molecule has 0 spiro atoms. The number of pyridine rings is 1. The molecule has 0 unspecified atom stereocenters. The summed E-state index contributed by atoms with van der Waals surface area (Å²) in [7, 11) is 3.16. The molecular weight excluding hydrogens is 316 g/mol. The molecule has 3 rings (SSSR count). The monoisotopic (exact) mass is 334 g/mol. The minimum Gasteiger partial charge on any atom is -0.491 e. The summed E-state index contributed by atoms with van der Waals surface area (Å²) in [4.78, 5) is 19.4. The van der Waals surface area contributed by atoms with Crippen molar-refractivity contribution in [2.45, 2.75) is 19.5 Å². The molecule has 7 heteroatoms. The first-order valence-corrected chi connectivity index (χ1v) is 8.07. The van der Waals surface area contributed by atoms with Crippen molar-refractivity contribution in [1.82, 2.24) is 9.88 Å². The van der Waals surface area contributed by atoms with E-state index in [4.69, 9.17) is 14.6 Å². The number of thiophene rings is 1. The van der Waals surface area contributed by atoms with Gasteiger partial charge in [-0.2, -0.15) is 0 Å². The topological polar surface area (TPSA) is 71.9 Å². The van der Waals surface area contributed by atoms with Crippen molar-refractivity contribution in [1.29, 1.82) is 0 Å². The van der Waals surface area contributed by atoms with E-state index in [1.54, 1.807) is 20.3 Å². The van der Waals surface area contributed by atoms with Gasteiger partial charge in [-0.05, 0) is 30.2 Å². The van der Waals surface area contributed by atoms with E-state index in [1.807, 2.05) is 12.1 Å². The summed E-state index contributed by atoms with van der Waals surface area (Å²) in [5, 5.41) is 9.10. The smallest absolute Gasteiger partial charge is 0.345 e. The van der Waals surface area contributed by atoms with Crippen LogP contribution in [0.15, 0.2) is 18.2 Å². The van der Waals surface area contributed by atoms with Gasteiger partial charge in [0.05, 0.1) is 19.9 Å². The van der Waals surface area contributed by atoms with Gasteiger partial charge in [-0.1, -0.05) is 0 Å². The zero-order chi connectivity index (χ0) is 16.4. The molecule has 6 nitrogen and oxygen atoms in total. The fourth-order valence-electron chi connectivity index (χ4n) is 2.70. The first kappa shape index (κ1) is 15.8. The molecule has 0 radical (unpaired) electrons. The third-order valence-corrected chi connectivity index (χ3v) is 5.00. The zero-order valence-electron chi connectivity index (χ0n) is 13.0. The molecule has 0 atom stereocenters. The van der Waals surface area contributed by atoms with E-state index in [0.717, 1.165) is 35.6 Å². The Morgan fingerprint density at radius 3 is 2.91 bits per heavy atom. The molecule has 3 heterocycles. The number of fused-ring (bicyclic) bond motifs is 1. The molecular formula is C16H18N2O4S. The summed E-state index contributed by atoms with van der Waals surface area (Å²) >= 11 is 1.37. The normalized spacial score (nSPS) is 14.3. The molecule has 1 aliphatic rings. The second-order valence-corrected chi connectivity index (χ2v) is 6.48. The summed E-state index contributed by atoms with van der Waals surface area (Å²) < 4.78 is 10.4. The van der Waals surface area contributed by atoms with Gasteiger partial charge in [0.15, 0.2) is 5.75 Å². The van der Waals surface area contributed by atoms with Gasteiger partial charge in [-0.15, -0.1) is 11.3 Å². The second kappa shape index (κ2) is 6.55. The van der Waals surface area contributed by atoms with Gasteiger partial charge in [0.25, 0.3) is 5.88 Å². The standard InChI is InChI=1S/C16H18N2O4S/c1-21-12-4-3-11(17-15(12)22-2)8-18-6-5-10-7-13(16(19)20)23-14(10)9-18/h3-4,7H,5-6,8-9H2,1-2H3,(H,19,20). The number of rotatable bonds is 5. The van der Waals surface area contributed by atoms with Crippen LogP contribution in [0.25, 0.3) is 0 Å². The Labute approximate surface area is 138 Å². The highest BCUT2D eigenvalue weighted by molar-refractivity contribution is 7.14. The number of carbonyl (C=O) groups is 1. The predicted molar refractivity (Wildman–Crippen MR) is 86.4 cm³/mol.